The van der Waals surface area contributed by atoms with E-state index in [9.17, 15) is 0 Å². The van der Waals surface area contributed by atoms with Crippen molar-refractivity contribution >= 4 is 0 Å². The topological polar surface area (TPSA) is 18.5 Å². The molecule has 0 spiro atoms. The Morgan fingerprint density at radius 1 is 1.29 bits per heavy atom. The fourth-order valence-electron chi connectivity index (χ4n) is 3.92. The number of methoxy groups -OCH3 is 2. The van der Waals surface area contributed by atoms with Gasteiger partial charge in [-0.25, -0.2) is 0 Å². The predicted octanol–water partition coefficient (Wildman–Crippen LogP) is 2.47. The molecule has 2 aliphatic rings. The molecule has 2 nitrogen and oxygen atoms in total. The van der Waals surface area contributed by atoms with Crippen LogP contribution in [0.15, 0.2) is 0 Å². The van der Waals surface area contributed by atoms with E-state index >= 15 is 0 Å². The zero-order valence-electron chi connectivity index (χ0n) is 9.80. The lowest BCUT2D eigenvalue weighted by Crippen LogP contribution is -2.43. The second-order valence-electron chi connectivity index (χ2n) is 5.51. The van der Waals surface area contributed by atoms with Crippen LogP contribution in [0, 0.1) is 16.7 Å². The molecule has 0 saturated heterocycles. The molecule has 0 aromatic rings. The van der Waals surface area contributed by atoms with Crippen LogP contribution < -0.4 is 0 Å². The first-order valence-corrected chi connectivity index (χ1v) is 5.60. The monoisotopic (exact) mass is 198 g/mol. The molecule has 2 heteroatoms. The van der Waals surface area contributed by atoms with Crippen LogP contribution in [0.1, 0.15) is 33.1 Å². The maximum atomic E-state index is 5.66. The summed E-state index contributed by atoms with van der Waals surface area (Å²) in [5.74, 6) is 0.836. The van der Waals surface area contributed by atoms with Crippen LogP contribution in [0.2, 0.25) is 0 Å². The van der Waals surface area contributed by atoms with Crippen molar-refractivity contribution in [2.75, 3.05) is 20.8 Å². The molecule has 0 radical (unpaired) electrons. The first kappa shape index (κ1) is 10.4. The van der Waals surface area contributed by atoms with Crippen LogP contribution in [-0.4, -0.2) is 26.9 Å². The van der Waals surface area contributed by atoms with Gasteiger partial charge in [0, 0.05) is 19.6 Å². The molecule has 2 bridgehead atoms. The molecule has 0 aromatic carbocycles. The quantitative estimate of drug-likeness (QED) is 0.693. The third-order valence-corrected chi connectivity index (χ3v) is 5.04. The average molecular weight is 198 g/mol. The van der Waals surface area contributed by atoms with E-state index in [0.29, 0.717) is 11.5 Å². The third-order valence-electron chi connectivity index (χ3n) is 5.04. The summed E-state index contributed by atoms with van der Waals surface area (Å²) in [5, 5.41) is 0. The highest BCUT2D eigenvalue weighted by molar-refractivity contribution is 5.13. The highest BCUT2D eigenvalue weighted by Gasteiger charge is 2.64. The molecule has 2 rings (SSSR count). The maximum absolute atomic E-state index is 5.66. The molecule has 2 fully saturated rings. The first-order valence-electron chi connectivity index (χ1n) is 5.60. The fraction of sp³-hybridized carbons (Fsp3) is 1.00. The molecule has 82 valence electrons. The SMILES string of the molecule is COC[C@]12CC[C@H](C[C@@H]1OC)C2(C)C. The predicted molar refractivity (Wildman–Crippen MR) is 56.2 cm³/mol. The Kier molecular flexibility index (Phi) is 2.39. The second kappa shape index (κ2) is 3.21. The van der Waals surface area contributed by atoms with Crippen LogP contribution in [-0.2, 0) is 9.47 Å². The lowest BCUT2D eigenvalue weighted by atomic mass is 9.69. The average Bonchev–Trinajstić information content (AvgIpc) is 2.51. The van der Waals surface area contributed by atoms with E-state index in [2.05, 4.69) is 13.8 Å². The molecule has 0 aromatic heterocycles. The summed E-state index contributed by atoms with van der Waals surface area (Å²) in [4.78, 5) is 0. The van der Waals surface area contributed by atoms with Gasteiger partial charge >= 0.3 is 0 Å². The molecule has 14 heavy (non-hydrogen) atoms. The first-order chi connectivity index (χ1) is 6.58. The van der Waals surface area contributed by atoms with E-state index in [4.69, 9.17) is 9.47 Å². The Balaban J connectivity index is 2.30. The molecule has 0 N–H and O–H groups in total. The molecular weight excluding hydrogens is 176 g/mol. The van der Waals surface area contributed by atoms with Gasteiger partial charge in [-0.05, 0) is 30.6 Å². The van der Waals surface area contributed by atoms with Crippen LogP contribution in [0.5, 0.6) is 0 Å². The van der Waals surface area contributed by atoms with Gasteiger partial charge in [0.15, 0.2) is 0 Å². The van der Waals surface area contributed by atoms with E-state index < -0.39 is 0 Å². The molecule has 0 unspecified atom stereocenters. The summed E-state index contributed by atoms with van der Waals surface area (Å²) in [6, 6.07) is 0. The lowest BCUT2D eigenvalue weighted by molar-refractivity contribution is -0.0759. The summed E-state index contributed by atoms with van der Waals surface area (Å²) in [6.07, 6.45) is 4.27. The molecular formula is C12H22O2. The minimum atomic E-state index is 0.279. The zero-order valence-corrected chi connectivity index (χ0v) is 9.80. The number of ether oxygens (including phenoxy) is 2. The molecule has 0 heterocycles. The Hall–Kier alpha value is -0.0800. The van der Waals surface area contributed by atoms with Gasteiger partial charge in [-0.3, -0.25) is 0 Å². The van der Waals surface area contributed by atoms with E-state index in [1.54, 1.807) is 0 Å². The van der Waals surface area contributed by atoms with Gasteiger partial charge < -0.3 is 9.47 Å². The molecule has 3 atom stereocenters. The summed E-state index contributed by atoms with van der Waals surface area (Å²) < 4.78 is 11.1. The minimum Gasteiger partial charge on any atom is -0.384 e. The highest BCUT2D eigenvalue weighted by Crippen LogP contribution is 2.66. The van der Waals surface area contributed by atoms with Crippen molar-refractivity contribution in [1.82, 2.24) is 0 Å². The normalized spacial score (nSPS) is 44.6. The van der Waals surface area contributed by atoms with E-state index in [0.717, 1.165) is 12.5 Å². The Morgan fingerprint density at radius 2 is 2.00 bits per heavy atom. The van der Waals surface area contributed by atoms with Crippen molar-refractivity contribution in [3.8, 4) is 0 Å². The number of fused-ring (bicyclic) bond motifs is 2. The molecule has 2 aliphatic carbocycles. The van der Waals surface area contributed by atoms with Crippen molar-refractivity contribution in [1.29, 1.82) is 0 Å². The lowest BCUT2D eigenvalue weighted by Gasteiger charge is -2.41. The fourth-order valence-corrected chi connectivity index (χ4v) is 3.92. The Labute approximate surface area is 87.0 Å². The van der Waals surface area contributed by atoms with Crippen molar-refractivity contribution in [2.24, 2.45) is 16.7 Å². The summed E-state index contributed by atoms with van der Waals surface area (Å²) in [6.45, 7) is 5.64. The van der Waals surface area contributed by atoms with Crippen molar-refractivity contribution in [3.05, 3.63) is 0 Å². The van der Waals surface area contributed by atoms with Crippen LogP contribution in [0.4, 0.5) is 0 Å². The van der Waals surface area contributed by atoms with Gasteiger partial charge in [0.1, 0.15) is 0 Å². The number of hydrogen-bond donors (Lipinski definition) is 0. The van der Waals surface area contributed by atoms with Crippen molar-refractivity contribution < 1.29 is 9.47 Å². The van der Waals surface area contributed by atoms with Gasteiger partial charge in [-0.15, -0.1) is 0 Å². The van der Waals surface area contributed by atoms with Gasteiger partial charge in [0.25, 0.3) is 0 Å². The van der Waals surface area contributed by atoms with Crippen LogP contribution >= 0.6 is 0 Å². The maximum Gasteiger partial charge on any atom is 0.0657 e. The van der Waals surface area contributed by atoms with Crippen molar-refractivity contribution in [3.63, 3.8) is 0 Å². The van der Waals surface area contributed by atoms with Crippen LogP contribution in [0.3, 0.4) is 0 Å². The molecule has 0 aliphatic heterocycles. The van der Waals surface area contributed by atoms with Crippen molar-refractivity contribution in [2.45, 2.75) is 39.2 Å². The third kappa shape index (κ3) is 1.04. The van der Waals surface area contributed by atoms with E-state index in [1.807, 2.05) is 14.2 Å². The van der Waals surface area contributed by atoms with Gasteiger partial charge in [0.05, 0.1) is 12.7 Å². The standard InChI is InChI=1S/C12H22O2/c1-11(2)9-5-6-12(11,8-13-3)10(7-9)14-4/h9-10H,5-8H2,1-4H3/t9-,10+,12-/m1/s1. The zero-order chi connectivity index (χ0) is 10.4. The second-order valence-corrected chi connectivity index (χ2v) is 5.51. The van der Waals surface area contributed by atoms with Gasteiger partial charge in [-0.1, -0.05) is 13.8 Å². The molecule has 2 saturated carbocycles. The molecule has 0 amide bonds. The summed E-state index contributed by atoms with van der Waals surface area (Å²) >= 11 is 0. The Morgan fingerprint density at radius 3 is 2.50 bits per heavy atom. The van der Waals surface area contributed by atoms with E-state index in [1.165, 1.54) is 19.3 Å². The largest absolute Gasteiger partial charge is 0.384 e. The minimum absolute atomic E-state index is 0.279. The Bertz CT molecular complexity index is 224. The number of hydrogen-bond acceptors (Lipinski definition) is 2. The summed E-state index contributed by atoms with van der Waals surface area (Å²) in [5.41, 5.74) is 0.671. The highest BCUT2D eigenvalue weighted by atomic mass is 16.5. The number of rotatable bonds is 3. The van der Waals surface area contributed by atoms with E-state index in [-0.39, 0.29) is 5.41 Å². The smallest absolute Gasteiger partial charge is 0.0657 e. The van der Waals surface area contributed by atoms with Crippen LogP contribution in [0.25, 0.3) is 0 Å². The summed E-state index contributed by atoms with van der Waals surface area (Å²) in [7, 11) is 3.65. The van der Waals surface area contributed by atoms with Gasteiger partial charge in [-0.2, -0.15) is 0 Å². The van der Waals surface area contributed by atoms with Gasteiger partial charge in [0.2, 0.25) is 0 Å².